The van der Waals surface area contributed by atoms with Crippen molar-refractivity contribution in [2.24, 2.45) is 5.92 Å². The lowest BCUT2D eigenvalue weighted by atomic mass is 9.98. The summed E-state index contributed by atoms with van der Waals surface area (Å²) in [6, 6.07) is 3.09. The summed E-state index contributed by atoms with van der Waals surface area (Å²) in [6.07, 6.45) is 1.27. The van der Waals surface area contributed by atoms with Gasteiger partial charge in [-0.2, -0.15) is 0 Å². The molecular weight excluding hydrogens is 210 g/mol. The molecule has 3 heteroatoms. The van der Waals surface area contributed by atoms with Gasteiger partial charge in [-0.3, -0.25) is 0 Å². The number of rotatable bonds is 3. The second kappa shape index (κ2) is 3.72. The maximum absolute atomic E-state index is 13.9. The minimum atomic E-state index is -2.68. The van der Waals surface area contributed by atoms with Gasteiger partial charge in [0.25, 0.3) is 5.92 Å². The van der Waals surface area contributed by atoms with Crippen LogP contribution in [0.4, 0.5) is 8.78 Å². The molecule has 0 N–H and O–H groups in total. The zero-order chi connectivity index (χ0) is 11.9. The number of halogens is 2. The first-order valence-electron chi connectivity index (χ1n) is 5.50. The molecule has 1 nitrogen and oxygen atoms in total. The highest BCUT2D eigenvalue weighted by atomic mass is 19.3. The van der Waals surface area contributed by atoms with Crippen LogP contribution in [-0.2, 0) is 5.92 Å². The average molecular weight is 226 g/mol. The molecule has 1 saturated carbocycles. The van der Waals surface area contributed by atoms with Crippen molar-refractivity contribution in [2.45, 2.75) is 32.6 Å². The van der Waals surface area contributed by atoms with E-state index in [2.05, 4.69) is 0 Å². The van der Waals surface area contributed by atoms with E-state index in [0.29, 0.717) is 18.6 Å². The fourth-order valence-corrected chi connectivity index (χ4v) is 2.15. The van der Waals surface area contributed by atoms with Crippen LogP contribution in [0.15, 0.2) is 12.1 Å². The number of alkyl halides is 2. The van der Waals surface area contributed by atoms with Gasteiger partial charge in [0.1, 0.15) is 5.75 Å². The van der Waals surface area contributed by atoms with Crippen molar-refractivity contribution in [1.82, 2.24) is 0 Å². The zero-order valence-corrected chi connectivity index (χ0v) is 9.81. The molecule has 0 aliphatic heterocycles. The quantitative estimate of drug-likeness (QED) is 0.761. The van der Waals surface area contributed by atoms with Gasteiger partial charge >= 0.3 is 0 Å². The van der Waals surface area contributed by atoms with Crippen molar-refractivity contribution >= 4 is 0 Å². The van der Waals surface area contributed by atoms with Crippen LogP contribution in [-0.4, -0.2) is 7.11 Å². The maximum atomic E-state index is 13.9. The molecule has 1 aliphatic rings. The highest BCUT2D eigenvalue weighted by Crippen LogP contribution is 2.50. The van der Waals surface area contributed by atoms with E-state index in [1.54, 1.807) is 33.1 Å². The SMILES string of the molecule is COc1c(C)cc(C(F)(F)C2CC2)cc1C. The average Bonchev–Trinajstić information content (AvgIpc) is 3.00. The Labute approximate surface area is 94.4 Å². The van der Waals surface area contributed by atoms with E-state index in [1.807, 2.05) is 0 Å². The van der Waals surface area contributed by atoms with E-state index in [1.165, 1.54) is 0 Å². The van der Waals surface area contributed by atoms with Crippen LogP contribution in [0.5, 0.6) is 5.75 Å². The first-order valence-corrected chi connectivity index (χ1v) is 5.50. The second-order valence-electron chi connectivity index (χ2n) is 4.54. The molecule has 16 heavy (non-hydrogen) atoms. The highest BCUT2D eigenvalue weighted by molar-refractivity contribution is 5.44. The topological polar surface area (TPSA) is 9.23 Å². The third-order valence-corrected chi connectivity index (χ3v) is 3.14. The third-order valence-electron chi connectivity index (χ3n) is 3.14. The van der Waals surface area contributed by atoms with Gasteiger partial charge in [-0.25, -0.2) is 8.78 Å². The molecule has 0 saturated heterocycles. The predicted molar refractivity (Wildman–Crippen MR) is 59.1 cm³/mol. The van der Waals surface area contributed by atoms with Crippen LogP contribution in [0.2, 0.25) is 0 Å². The maximum Gasteiger partial charge on any atom is 0.276 e. The molecular formula is C13H16F2O. The highest BCUT2D eigenvalue weighted by Gasteiger charge is 2.48. The van der Waals surface area contributed by atoms with E-state index >= 15 is 0 Å². The van der Waals surface area contributed by atoms with E-state index in [-0.39, 0.29) is 5.56 Å². The Morgan fingerprint density at radius 3 is 2.06 bits per heavy atom. The first kappa shape index (κ1) is 11.4. The van der Waals surface area contributed by atoms with Crippen LogP contribution < -0.4 is 4.74 Å². The molecule has 0 unspecified atom stereocenters. The molecule has 2 rings (SSSR count). The van der Waals surface area contributed by atoms with Crippen LogP contribution in [0.3, 0.4) is 0 Å². The standard InChI is InChI=1S/C13H16F2O/c1-8-6-11(7-9(2)12(8)16-3)13(14,15)10-4-5-10/h6-7,10H,4-5H2,1-3H3. The molecule has 1 aromatic carbocycles. The van der Waals surface area contributed by atoms with Gasteiger partial charge in [0, 0.05) is 11.5 Å². The van der Waals surface area contributed by atoms with E-state index in [9.17, 15) is 8.78 Å². The minimum Gasteiger partial charge on any atom is -0.496 e. The normalized spacial score (nSPS) is 16.3. The lowest BCUT2D eigenvalue weighted by molar-refractivity contribution is -0.0286. The third kappa shape index (κ3) is 1.79. The Morgan fingerprint density at radius 2 is 1.69 bits per heavy atom. The number of methoxy groups -OCH3 is 1. The van der Waals surface area contributed by atoms with Gasteiger partial charge in [-0.05, 0) is 49.9 Å². The lowest BCUT2D eigenvalue weighted by Gasteiger charge is -2.19. The first-order chi connectivity index (χ1) is 7.46. The summed E-state index contributed by atoms with van der Waals surface area (Å²) in [5, 5.41) is 0. The second-order valence-corrected chi connectivity index (χ2v) is 4.54. The molecule has 0 amide bonds. The van der Waals surface area contributed by atoms with Gasteiger partial charge in [-0.15, -0.1) is 0 Å². The van der Waals surface area contributed by atoms with Gasteiger partial charge in [-0.1, -0.05) is 0 Å². The van der Waals surface area contributed by atoms with Gasteiger partial charge in [0.05, 0.1) is 7.11 Å². The summed E-state index contributed by atoms with van der Waals surface area (Å²) >= 11 is 0. The molecule has 1 fully saturated rings. The van der Waals surface area contributed by atoms with E-state index in [4.69, 9.17) is 4.74 Å². The Bertz CT molecular complexity index is 385. The van der Waals surface area contributed by atoms with Crippen molar-refractivity contribution in [3.8, 4) is 5.75 Å². The van der Waals surface area contributed by atoms with Crippen molar-refractivity contribution in [1.29, 1.82) is 0 Å². The molecule has 0 aromatic heterocycles. The number of benzene rings is 1. The van der Waals surface area contributed by atoms with Crippen molar-refractivity contribution in [3.05, 3.63) is 28.8 Å². The lowest BCUT2D eigenvalue weighted by Crippen LogP contribution is -2.16. The largest absolute Gasteiger partial charge is 0.496 e. The molecule has 88 valence electrons. The van der Waals surface area contributed by atoms with Crippen LogP contribution in [0.25, 0.3) is 0 Å². The molecule has 0 bridgehead atoms. The molecule has 0 spiro atoms. The Morgan fingerprint density at radius 1 is 1.19 bits per heavy atom. The monoisotopic (exact) mass is 226 g/mol. The summed E-state index contributed by atoms with van der Waals surface area (Å²) in [6.45, 7) is 3.61. The summed E-state index contributed by atoms with van der Waals surface area (Å²) in [5.41, 5.74) is 1.68. The summed E-state index contributed by atoms with van der Waals surface area (Å²) < 4.78 is 33.0. The number of aryl methyl sites for hydroxylation is 2. The Kier molecular flexibility index (Phi) is 2.64. The van der Waals surface area contributed by atoms with Crippen LogP contribution in [0, 0.1) is 19.8 Å². The fourth-order valence-electron chi connectivity index (χ4n) is 2.15. The van der Waals surface area contributed by atoms with Crippen LogP contribution in [0.1, 0.15) is 29.5 Å². The van der Waals surface area contributed by atoms with Crippen molar-refractivity contribution in [3.63, 3.8) is 0 Å². The number of ether oxygens (including phenoxy) is 1. The predicted octanol–water partition coefficient (Wildman–Crippen LogP) is 3.81. The van der Waals surface area contributed by atoms with Gasteiger partial charge < -0.3 is 4.74 Å². The Balaban J connectivity index is 2.43. The van der Waals surface area contributed by atoms with Gasteiger partial charge in [0.15, 0.2) is 0 Å². The molecule has 0 heterocycles. The van der Waals surface area contributed by atoms with E-state index < -0.39 is 11.8 Å². The minimum absolute atomic E-state index is 0.130. The smallest absolute Gasteiger partial charge is 0.276 e. The van der Waals surface area contributed by atoms with Gasteiger partial charge in [0.2, 0.25) is 0 Å². The van der Waals surface area contributed by atoms with E-state index in [0.717, 1.165) is 11.1 Å². The Hall–Kier alpha value is -1.12. The van der Waals surface area contributed by atoms with Crippen LogP contribution >= 0.6 is 0 Å². The molecule has 0 radical (unpaired) electrons. The zero-order valence-electron chi connectivity index (χ0n) is 9.81. The molecule has 0 atom stereocenters. The molecule has 1 aliphatic carbocycles. The number of hydrogen-bond acceptors (Lipinski definition) is 1. The van der Waals surface area contributed by atoms with Crippen molar-refractivity contribution < 1.29 is 13.5 Å². The summed E-state index contributed by atoms with van der Waals surface area (Å²) in [5.74, 6) is -2.43. The summed E-state index contributed by atoms with van der Waals surface area (Å²) in [4.78, 5) is 0. The fraction of sp³-hybridized carbons (Fsp3) is 0.538. The number of hydrogen-bond donors (Lipinski definition) is 0. The molecule has 1 aromatic rings. The summed E-state index contributed by atoms with van der Waals surface area (Å²) in [7, 11) is 1.56. The van der Waals surface area contributed by atoms with Crippen molar-refractivity contribution in [2.75, 3.05) is 7.11 Å².